The van der Waals surface area contributed by atoms with Crippen molar-refractivity contribution < 1.29 is 19.1 Å². The zero-order valence-corrected chi connectivity index (χ0v) is 21.1. The Morgan fingerprint density at radius 1 is 1.11 bits per heavy atom. The molecule has 1 saturated carbocycles. The van der Waals surface area contributed by atoms with E-state index in [1.54, 1.807) is 4.90 Å². The van der Waals surface area contributed by atoms with Gasteiger partial charge in [-0.2, -0.15) is 0 Å². The molecule has 3 aliphatic heterocycles. The van der Waals surface area contributed by atoms with Crippen molar-refractivity contribution >= 4 is 31.0 Å². The quantitative estimate of drug-likeness (QED) is 0.475. The van der Waals surface area contributed by atoms with E-state index in [0.717, 1.165) is 42.8 Å². The van der Waals surface area contributed by atoms with E-state index >= 15 is 0 Å². The molecular weight excluding hydrogens is 441 g/mol. The Balaban J connectivity index is 1.27. The number of ether oxygens (including phenoxy) is 1. The average Bonchev–Trinajstić information content (AvgIpc) is 3.19. The van der Waals surface area contributed by atoms with Crippen LogP contribution in [0.4, 0.5) is 0 Å². The minimum Gasteiger partial charge on any atom is -0.376 e. The van der Waals surface area contributed by atoms with Crippen LogP contribution in [-0.2, 0) is 27.3 Å². The molecule has 8 heteroatoms. The van der Waals surface area contributed by atoms with Gasteiger partial charge in [0.2, 0.25) is 11.8 Å². The summed E-state index contributed by atoms with van der Waals surface area (Å²) < 4.78 is 6.29. The number of carbonyl (C=O) groups excluding carboxylic acids is 3. The standard InChI is InChI=1S/C27H38BN3O4/c1-2-16-5-8-18(9-6-16)29-21-4-3-13-35-23(21)14-17-7-10-19-20(25(17)28)15-31(27(19)34)22-11-12-24(32)30-26(22)33/h7,10,16,18,21-23,29H,2-6,8-9,11-15,28H2,1H3,(H,30,32,33)/t16?,18?,21?,22?,23-/m1/s1. The number of nitrogens with one attached hydrogen (secondary N) is 2. The van der Waals surface area contributed by atoms with Gasteiger partial charge in [0.05, 0.1) is 6.10 Å². The Morgan fingerprint density at radius 3 is 2.66 bits per heavy atom. The number of nitrogens with zero attached hydrogens (tertiary/aromatic N) is 1. The maximum atomic E-state index is 13.1. The first-order valence-corrected chi connectivity index (χ1v) is 13.6. The van der Waals surface area contributed by atoms with Gasteiger partial charge < -0.3 is 15.0 Å². The molecule has 3 fully saturated rings. The molecule has 0 aromatic heterocycles. The van der Waals surface area contributed by atoms with Crippen molar-refractivity contribution in [1.29, 1.82) is 0 Å². The molecule has 1 aromatic rings. The summed E-state index contributed by atoms with van der Waals surface area (Å²) in [5, 5.41) is 6.33. The second-order valence-electron chi connectivity index (χ2n) is 10.9. The summed E-state index contributed by atoms with van der Waals surface area (Å²) in [6, 6.07) is 4.37. The Hall–Kier alpha value is -2.19. The molecule has 7 nitrogen and oxygen atoms in total. The van der Waals surface area contributed by atoms with Crippen LogP contribution >= 0.6 is 0 Å². The van der Waals surface area contributed by atoms with Gasteiger partial charge in [0, 0.05) is 37.2 Å². The van der Waals surface area contributed by atoms with E-state index in [1.165, 1.54) is 37.7 Å². The van der Waals surface area contributed by atoms with Crippen molar-refractivity contribution in [3.8, 4) is 0 Å². The number of imide groups is 1. The monoisotopic (exact) mass is 479 g/mol. The van der Waals surface area contributed by atoms with Gasteiger partial charge in [-0.15, -0.1) is 0 Å². The first-order chi connectivity index (χ1) is 16.9. The van der Waals surface area contributed by atoms with Crippen LogP contribution in [0.2, 0.25) is 0 Å². The van der Waals surface area contributed by atoms with Gasteiger partial charge in [-0.05, 0) is 68.9 Å². The molecule has 2 N–H and O–H groups in total. The van der Waals surface area contributed by atoms with Crippen molar-refractivity contribution in [2.24, 2.45) is 5.92 Å². The van der Waals surface area contributed by atoms with Gasteiger partial charge in [-0.1, -0.05) is 30.4 Å². The first-order valence-electron chi connectivity index (χ1n) is 13.6. The molecule has 0 bridgehead atoms. The highest BCUT2D eigenvalue weighted by atomic mass is 16.5. The number of hydrogen-bond acceptors (Lipinski definition) is 5. The van der Waals surface area contributed by atoms with Crippen LogP contribution in [0.5, 0.6) is 0 Å². The number of hydrogen-bond donors (Lipinski definition) is 2. The van der Waals surface area contributed by atoms with Crippen molar-refractivity contribution in [2.75, 3.05) is 6.61 Å². The second-order valence-corrected chi connectivity index (χ2v) is 10.9. The van der Waals surface area contributed by atoms with E-state index in [4.69, 9.17) is 4.74 Å². The third-order valence-corrected chi connectivity index (χ3v) is 8.85. The van der Waals surface area contributed by atoms with Crippen molar-refractivity contribution in [3.63, 3.8) is 0 Å². The van der Waals surface area contributed by atoms with E-state index in [-0.39, 0.29) is 30.2 Å². The Morgan fingerprint density at radius 2 is 1.91 bits per heavy atom. The molecule has 5 rings (SSSR count). The normalized spacial score (nSPS) is 31.4. The fraction of sp³-hybridized carbons (Fsp3) is 0.667. The lowest BCUT2D eigenvalue weighted by Crippen LogP contribution is -2.52. The zero-order chi connectivity index (χ0) is 24.5. The lowest BCUT2D eigenvalue weighted by molar-refractivity contribution is -0.136. The second kappa shape index (κ2) is 10.4. The molecule has 0 radical (unpaired) electrons. The number of rotatable bonds is 6. The molecule has 2 saturated heterocycles. The summed E-state index contributed by atoms with van der Waals surface area (Å²) in [5.41, 5.74) is 4.04. The highest BCUT2D eigenvalue weighted by molar-refractivity contribution is 6.35. The molecule has 3 amide bonds. The molecule has 35 heavy (non-hydrogen) atoms. The maximum absolute atomic E-state index is 13.1. The highest BCUT2D eigenvalue weighted by Gasteiger charge is 2.40. The fourth-order valence-corrected chi connectivity index (χ4v) is 6.55. The van der Waals surface area contributed by atoms with Crippen molar-refractivity contribution in [1.82, 2.24) is 15.5 Å². The Kier molecular flexibility index (Phi) is 7.30. The van der Waals surface area contributed by atoms with Gasteiger partial charge in [0.1, 0.15) is 13.9 Å². The lowest BCUT2D eigenvalue weighted by Gasteiger charge is -2.38. The van der Waals surface area contributed by atoms with Crippen LogP contribution in [0.3, 0.4) is 0 Å². The predicted octanol–water partition coefficient (Wildman–Crippen LogP) is 1.35. The molecule has 2 unspecified atom stereocenters. The minimum atomic E-state index is -0.575. The molecule has 1 aromatic carbocycles. The third kappa shape index (κ3) is 5.05. The molecule has 188 valence electrons. The SMILES string of the molecule is Bc1c(C[C@H]2OCCCC2NC2CCC(CC)CC2)ccc2c1CN(C1CCC(=O)NC1=O)C2=O. The fourth-order valence-electron chi connectivity index (χ4n) is 6.55. The number of fused-ring (bicyclic) bond motifs is 1. The molecule has 4 aliphatic rings. The van der Waals surface area contributed by atoms with Crippen LogP contribution in [-0.4, -0.2) is 61.3 Å². The van der Waals surface area contributed by atoms with Crippen LogP contribution < -0.4 is 16.1 Å². The Bertz CT molecular complexity index is 991. The van der Waals surface area contributed by atoms with E-state index in [0.29, 0.717) is 30.6 Å². The number of piperidine rings is 1. The minimum absolute atomic E-state index is 0.111. The Labute approximate surface area is 209 Å². The molecule has 0 spiro atoms. The van der Waals surface area contributed by atoms with Crippen LogP contribution in [0, 0.1) is 5.92 Å². The van der Waals surface area contributed by atoms with Gasteiger partial charge in [-0.3, -0.25) is 19.7 Å². The summed E-state index contributed by atoms with van der Waals surface area (Å²) in [4.78, 5) is 38.7. The molecule has 3 heterocycles. The smallest absolute Gasteiger partial charge is 0.255 e. The van der Waals surface area contributed by atoms with Gasteiger partial charge in [0.15, 0.2) is 0 Å². The van der Waals surface area contributed by atoms with E-state index in [1.807, 2.05) is 6.07 Å². The van der Waals surface area contributed by atoms with E-state index < -0.39 is 6.04 Å². The predicted molar refractivity (Wildman–Crippen MR) is 136 cm³/mol. The van der Waals surface area contributed by atoms with Crippen molar-refractivity contribution in [2.45, 2.75) is 102 Å². The van der Waals surface area contributed by atoms with Crippen LogP contribution in [0.15, 0.2) is 12.1 Å². The lowest BCUT2D eigenvalue weighted by atomic mass is 9.80. The number of carbonyl (C=O) groups is 3. The first kappa shape index (κ1) is 24.5. The van der Waals surface area contributed by atoms with Gasteiger partial charge in [-0.25, -0.2) is 0 Å². The maximum Gasteiger partial charge on any atom is 0.255 e. The molecule has 1 aliphatic carbocycles. The van der Waals surface area contributed by atoms with Crippen molar-refractivity contribution in [3.05, 3.63) is 28.8 Å². The summed E-state index contributed by atoms with van der Waals surface area (Å²) in [6.45, 7) is 3.53. The summed E-state index contributed by atoms with van der Waals surface area (Å²) in [7, 11) is 2.09. The summed E-state index contributed by atoms with van der Waals surface area (Å²) in [5.74, 6) is 0.156. The topological polar surface area (TPSA) is 87.7 Å². The molecule has 3 atom stereocenters. The van der Waals surface area contributed by atoms with Gasteiger partial charge in [0.25, 0.3) is 5.91 Å². The largest absolute Gasteiger partial charge is 0.376 e. The number of amides is 3. The van der Waals surface area contributed by atoms with Crippen LogP contribution in [0.25, 0.3) is 0 Å². The third-order valence-electron chi connectivity index (χ3n) is 8.85. The average molecular weight is 479 g/mol. The van der Waals surface area contributed by atoms with Gasteiger partial charge >= 0.3 is 0 Å². The van der Waals surface area contributed by atoms with Crippen LogP contribution in [0.1, 0.15) is 86.2 Å². The zero-order valence-electron chi connectivity index (χ0n) is 21.1. The molecular formula is C27H38BN3O4. The van der Waals surface area contributed by atoms with E-state index in [9.17, 15) is 14.4 Å². The van der Waals surface area contributed by atoms with E-state index in [2.05, 4.69) is 31.5 Å². The number of benzene rings is 1. The highest BCUT2D eigenvalue weighted by Crippen LogP contribution is 2.30. The summed E-state index contributed by atoms with van der Waals surface area (Å²) in [6.07, 6.45) is 10.3. The summed E-state index contributed by atoms with van der Waals surface area (Å²) >= 11 is 0.